The van der Waals surface area contributed by atoms with Crippen LogP contribution in [0.1, 0.15) is 44.5 Å². The van der Waals surface area contributed by atoms with Gasteiger partial charge in [-0.2, -0.15) is 0 Å². The number of alkyl carbamates (subject to hydrolysis) is 1. The van der Waals surface area contributed by atoms with Crippen LogP contribution in [0, 0.1) is 0 Å². The highest BCUT2D eigenvalue weighted by molar-refractivity contribution is 9.10. The normalized spacial score (nSPS) is 15.6. The minimum atomic E-state index is -1.34. The van der Waals surface area contributed by atoms with Crippen molar-refractivity contribution in [3.8, 4) is 5.69 Å². The molecule has 1 aliphatic rings. The van der Waals surface area contributed by atoms with Crippen LogP contribution < -0.4 is 5.32 Å². The summed E-state index contributed by atoms with van der Waals surface area (Å²) in [4.78, 5) is 27.1. The van der Waals surface area contributed by atoms with Crippen LogP contribution in [0.15, 0.2) is 53.1 Å². The van der Waals surface area contributed by atoms with E-state index >= 15 is 0 Å². The quantitative estimate of drug-likeness (QED) is 0.405. The molecule has 37 heavy (non-hydrogen) atoms. The number of β-amino-alcohol motifs (C(OH)–C–C–N with tert-alkyl or cyclic N) is 1. The average Bonchev–Trinajstić information content (AvgIpc) is 3.28. The van der Waals surface area contributed by atoms with Crippen LogP contribution in [0.2, 0.25) is 10.0 Å². The summed E-state index contributed by atoms with van der Waals surface area (Å²) in [5.74, 6) is -0.252. The molecule has 1 aromatic heterocycles. The van der Waals surface area contributed by atoms with Crippen LogP contribution in [0.3, 0.4) is 0 Å². The number of carbonyl (C=O) groups is 2. The summed E-state index contributed by atoms with van der Waals surface area (Å²) in [5, 5.41) is 23.0. The Balaban J connectivity index is 1.43. The van der Waals surface area contributed by atoms with Crippen LogP contribution >= 0.6 is 39.1 Å². The molecule has 2 heterocycles. The number of nitrogens with one attached hydrogen (secondary N) is 1. The third-order valence-corrected chi connectivity index (χ3v) is 7.18. The van der Waals surface area contributed by atoms with Crippen LogP contribution in [0.4, 0.5) is 4.79 Å². The number of carbonyl (C=O) groups excluding carboxylic acids is 2. The number of rotatable bonds is 6. The zero-order valence-electron chi connectivity index (χ0n) is 20.4. The molecule has 0 spiro atoms. The van der Waals surface area contributed by atoms with E-state index in [0.717, 1.165) is 4.47 Å². The second-order valence-electron chi connectivity index (χ2n) is 9.89. The van der Waals surface area contributed by atoms with Gasteiger partial charge in [-0.15, -0.1) is 5.10 Å². The van der Waals surface area contributed by atoms with Crippen LogP contribution in [0.5, 0.6) is 0 Å². The van der Waals surface area contributed by atoms with E-state index in [1.807, 2.05) is 6.07 Å². The fourth-order valence-electron chi connectivity index (χ4n) is 3.88. The summed E-state index contributed by atoms with van der Waals surface area (Å²) < 4.78 is 7.63. The molecule has 2 aromatic carbocycles. The smallest absolute Gasteiger partial charge is 0.408 e. The number of benzene rings is 2. The zero-order chi connectivity index (χ0) is 27.0. The van der Waals surface area contributed by atoms with E-state index in [1.54, 1.807) is 63.4 Å². The van der Waals surface area contributed by atoms with E-state index in [2.05, 4.69) is 31.6 Å². The third kappa shape index (κ3) is 6.62. The average molecular weight is 611 g/mol. The maximum absolute atomic E-state index is 13.1. The predicted octanol–water partition coefficient (Wildman–Crippen LogP) is 5.02. The molecule has 0 radical (unpaired) electrons. The van der Waals surface area contributed by atoms with Crippen LogP contribution in [0.25, 0.3) is 5.69 Å². The Kier molecular flexibility index (Phi) is 7.85. The molecule has 4 rings (SSSR count). The molecule has 0 unspecified atom stereocenters. The van der Waals surface area contributed by atoms with Crippen LogP contribution in [-0.4, -0.2) is 55.7 Å². The number of aliphatic hydroxyl groups is 1. The monoisotopic (exact) mass is 609 g/mol. The van der Waals surface area contributed by atoms with Crippen molar-refractivity contribution in [1.82, 2.24) is 25.2 Å². The number of hydrogen-bond acceptors (Lipinski definition) is 6. The lowest BCUT2D eigenvalue weighted by Gasteiger charge is -2.45. The number of amides is 2. The van der Waals surface area contributed by atoms with Gasteiger partial charge < -0.3 is 20.1 Å². The molecule has 12 heteroatoms. The van der Waals surface area contributed by atoms with Crippen molar-refractivity contribution < 1.29 is 19.4 Å². The van der Waals surface area contributed by atoms with Gasteiger partial charge in [0.1, 0.15) is 16.9 Å². The molecule has 1 atom stereocenters. The molecule has 3 aromatic rings. The first-order valence-electron chi connectivity index (χ1n) is 11.5. The Morgan fingerprint density at radius 1 is 1.22 bits per heavy atom. The van der Waals surface area contributed by atoms with Gasteiger partial charge in [0, 0.05) is 9.50 Å². The summed E-state index contributed by atoms with van der Waals surface area (Å²) in [5.41, 5.74) is -0.343. The van der Waals surface area contributed by atoms with Gasteiger partial charge in [-0.05, 0) is 72.6 Å². The summed E-state index contributed by atoms with van der Waals surface area (Å²) in [6.45, 7) is 5.36. The number of nitrogens with zero attached hydrogens (tertiary/aromatic N) is 4. The molecule has 9 nitrogen and oxygen atoms in total. The lowest BCUT2D eigenvalue weighted by molar-refractivity contribution is -0.158. The summed E-state index contributed by atoms with van der Waals surface area (Å²) in [7, 11) is 0. The molecule has 2 N–H and O–H groups in total. The van der Waals surface area contributed by atoms with E-state index in [4.69, 9.17) is 27.9 Å². The molecule has 1 saturated heterocycles. The Labute approximate surface area is 232 Å². The molecular weight excluding hydrogens is 585 g/mol. The maximum atomic E-state index is 13.1. The Bertz CT molecular complexity index is 1320. The first-order chi connectivity index (χ1) is 17.3. The summed E-state index contributed by atoms with van der Waals surface area (Å²) in [6.07, 6.45) is 0.926. The molecule has 0 bridgehead atoms. The summed E-state index contributed by atoms with van der Waals surface area (Å²) in [6, 6.07) is 11.6. The lowest BCUT2D eigenvalue weighted by atomic mass is 9.90. The van der Waals surface area contributed by atoms with E-state index in [-0.39, 0.29) is 25.4 Å². The van der Waals surface area contributed by atoms with Crippen molar-refractivity contribution in [2.24, 2.45) is 0 Å². The molecular formula is C25H26BrCl2N5O4. The molecule has 1 aliphatic heterocycles. The van der Waals surface area contributed by atoms with Crippen molar-refractivity contribution in [2.75, 3.05) is 13.1 Å². The van der Waals surface area contributed by atoms with Gasteiger partial charge in [-0.25, -0.2) is 9.48 Å². The van der Waals surface area contributed by atoms with Gasteiger partial charge in [0.2, 0.25) is 5.91 Å². The van der Waals surface area contributed by atoms with E-state index < -0.39 is 23.3 Å². The highest BCUT2D eigenvalue weighted by Gasteiger charge is 2.47. The molecule has 0 aliphatic carbocycles. The fourth-order valence-corrected chi connectivity index (χ4v) is 4.50. The van der Waals surface area contributed by atoms with Gasteiger partial charge in [-0.1, -0.05) is 40.5 Å². The SMILES string of the molecule is CC(C)(C)OC(=O)N[C@@H](CC(=O)N1CC(O)(c2cn(-c3ccc(Br)c(Cl)c3)nn2)C1)c1cccc(Cl)c1. The van der Waals surface area contributed by atoms with E-state index in [0.29, 0.717) is 27.0 Å². The highest BCUT2D eigenvalue weighted by atomic mass is 79.9. The molecule has 2 amide bonds. The Morgan fingerprint density at radius 3 is 2.59 bits per heavy atom. The second kappa shape index (κ2) is 10.6. The number of ether oxygens (including phenoxy) is 1. The van der Waals surface area contributed by atoms with E-state index in [1.165, 1.54) is 9.58 Å². The second-order valence-corrected chi connectivity index (χ2v) is 11.6. The van der Waals surface area contributed by atoms with Gasteiger partial charge in [0.25, 0.3) is 0 Å². The number of aromatic nitrogens is 3. The first kappa shape index (κ1) is 27.4. The predicted molar refractivity (Wildman–Crippen MR) is 143 cm³/mol. The highest BCUT2D eigenvalue weighted by Crippen LogP contribution is 2.33. The zero-order valence-corrected chi connectivity index (χ0v) is 23.5. The largest absolute Gasteiger partial charge is 0.444 e. The van der Waals surface area contributed by atoms with Crippen molar-refractivity contribution in [3.63, 3.8) is 0 Å². The minimum absolute atomic E-state index is 0.0419. The number of halogens is 3. The lowest BCUT2D eigenvalue weighted by Crippen LogP contribution is -2.61. The van der Waals surface area contributed by atoms with Crippen molar-refractivity contribution in [1.29, 1.82) is 0 Å². The topological polar surface area (TPSA) is 110 Å². The molecule has 1 fully saturated rings. The maximum Gasteiger partial charge on any atom is 0.408 e. The van der Waals surface area contributed by atoms with Crippen molar-refractivity contribution >= 4 is 51.1 Å². The minimum Gasteiger partial charge on any atom is -0.444 e. The summed E-state index contributed by atoms with van der Waals surface area (Å²) >= 11 is 15.7. The molecule has 0 saturated carbocycles. The third-order valence-electron chi connectivity index (χ3n) is 5.72. The van der Waals surface area contributed by atoms with Crippen LogP contribution in [-0.2, 0) is 15.1 Å². The van der Waals surface area contributed by atoms with Gasteiger partial charge in [0.05, 0.1) is 42.5 Å². The Hall–Kier alpha value is -2.66. The standard InChI is InChI=1S/C25H26BrCl2N5O4/c1-24(2,3)37-23(35)29-20(15-5-4-6-16(27)9-15)11-22(34)32-13-25(36,14-32)21-12-33(31-30-21)17-7-8-18(26)19(28)10-17/h4-10,12,20,36H,11,13-14H2,1-3H3,(H,29,35)/t20-/m0/s1. The van der Waals surface area contributed by atoms with Gasteiger partial charge in [0.15, 0.2) is 0 Å². The number of hydrogen-bond donors (Lipinski definition) is 2. The molecule has 196 valence electrons. The number of likely N-dealkylation sites (tertiary alicyclic amines) is 1. The fraction of sp³-hybridized carbons (Fsp3) is 0.360. The Morgan fingerprint density at radius 2 is 1.95 bits per heavy atom. The van der Waals surface area contributed by atoms with Crippen molar-refractivity contribution in [2.45, 2.75) is 44.4 Å². The van der Waals surface area contributed by atoms with Gasteiger partial charge in [-0.3, -0.25) is 4.79 Å². The van der Waals surface area contributed by atoms with E-state index in [9.17, 15) is 14.7 Å². The van der Waals surface area contributed by atoms with Gasteiger partial charge >= 0.3 is 6.09 Å². The first-order valence-corrected chi connectivity index (χ1v) is 13.0. The van der Waals surface area contributed by atoms with Crippen molar-refractivity contribution in [3.05, 3.63) is 74.4 Å².